The molecule has 19 heavy (non-hydrogen) atoms. The molecule has 0 amide bonds. The Morgan fingerprint density at radius 2 is 2.21 bits per heavy atom. The molecule has 0 heterocycles. The Bertz CT molecular complexity index is 511. The third kappa shape index (κ3) is 4.10. The van der Waals surface area contributed by atoms with Crippen molar-refractivity contribution in [1.29, 1.82) is 5.26 Å². The van der Waals surface area contributed by atoms with Gasteiger partial charge >= 0.3 is 12.6 Å². The standard InChI is InChI=1S/C12H11F2NO4/c1-2-18-11(17)4-7-3-8(16)5-10(9(7)6-15)19-12(13)14/h3,5,12,16H,2,4H2,1H3. The minimum absolute atomic E-state index is 0.0663. The summed E-state index contributed by atoms with van der Waals surface area (Å²) in [5.41, 5.74) is -0.164. The van der Waals surface area contributed by atoms with Gasteiger partial charge in [-0.2, -0.15) is 14.0 Å². The van der Waals surface area contributed by atoms with Crippen molar-refractivity contribution < 1.29 is 28.2 Å². The Hall–Kier alpha value is -2.36. The molecule has 1 rings (SSSR count). The second-order valence-electron chi connectivity index (χ2n) is 3.45. The molecular formula is C12H11F2NO4. The molecule has 1 aromatic carbocycles. The predicted octanol–water partition coefficient (Wildman–Crippen LogP) is 1.97. The second kappa shape index (κ2) is 6.54. The summed E-state index contributed by atoms with van der Waals surface area (Å²) in [4.78, 5) is 11.3. The Kier molecular flexibility index (Phi) is 5.06. The van der Waals surface area contributed by atoms with Crippen LogP contribution in [0.5, 0.6) is 11.5 Å². The first kappa shape index (κ1) is 14.7. The third-order valence-corrected chi connectivity index (χ3v) is 2.14. The van der Waals surface area contributed by atoms with E-state index in [-0.39, 0.29) is 29.9 Å². The van der Waals surface area contributed by atoms with E-state index in [1.807, 2.05) is 0 Å². The van der Waals surface area contributed by atoms with E-state index in [1.54, 1.807) is 13.0 Å². The summed E-state index contributed by atoms with van der Waals surface area (Å²) >= 11 is 0. The lowest BCUT2D eigenvalue weighted by atomic mass is 10.0. The fraction of sp³-hybridized carbons (Fsp3) is 0.333. The molecule has 0 saturated carbocycles. The zero-order valence-electron chi connectivity index (χ0n) is 10.0. The number of carbonyl (C=O) groups is 1. The van der Waals surface area contributed by atoms with Crippen LogP contribution in [0.3, 0.4) is 0 Å². The molecule has 0 bridgehead atoms. The Labute approximate surface area is 108 Å². The Morgan fingerprint density at radius 1 is 1.53 bits per heavy atom. The summed E-state index contributed by atoms with van der Waals surface area (Å²) in [5.74, 6) is -1.49. The lowest BCUT2D eigenvalue weighted by Gasteiger charge is -2.11. The number of alkyl halides is 2. The van der Waals surface area contributed by atoms with E-state index in [0.717, 1.165) is 12.1 Å². The first-order valence-electron chi connectivity index (χ1n) is 5.34. The normalized spacial score (nSPS) is 10.1. The average Bonchev–Trinajstić information content (AvgIpc) is 2.27. The maximum Gasteiger partial charge on any atom is 0.387 e. The topological polar surface area (TPSA) is 79.6 Å². The molecule has 0 aromatic heterocycles. The largest absolute Gasteiger partial charge is 0.508 e. The highest BCUT2D eigenvalue weighted by atomic mass is 19.3. The van der Waals surface area contributed by atoms with Gasteiger partial charge in [-0.25, -0.2) is 0 Å². The molecule has 1 aromatic rings. The first-order valence-corrected chi connectivity index (χ1v) is 5.34. The van der Waals surface area contributed by atoms with Crippen LogP contribution in [0, 0.1) is 11.3 Å². The van der Waals surface area contributed by atoms with Gasteiger partial charge in [0, 0.05) is 6.07 Å². The maximum atomic E-state index is 12.2. The highest BCUT2D eigenvalue weighted by Gasteiger charge is 2.17. The van der Waals surface area contributed by atoms with Crippen molar-refractivity contribution in [2.24, 2.45) is 0 Å². The van der Waals surface area contributed by atoms with Crippen molar-refractivity contribution in [2.45, 2.75) is 20.0 Å². The van der Waals surface area contributed by atoms with Gasteiger partial charge in [0.1, 0.15) is 17.6 Å². The van der Waals surface area contributed by atoms with E-state index in [9.17, 15) is 18.7 Å². The van der Waals surface area contributed by atoms with Crippen LogP contribution in [0.15, 0.2) is 12.1 Å². The highest BCUT2D eigenvalue weighted by molar-refractivity contribution is 5.74. The van der Waals surface area contributed by atoms with Crippen LogP contribution >= 0.6 is 0 Å². The summed E-state index contributed by atoms with van der Waals surface area (Å²) < 4.78 is 33.2. The van der Waals surface area contributed by atoms with E-state index < -0.39 is 18.3 Å². The number of nitrogens with zero attached hydrogens (tertiary/aromatic N) is 1. The molecule has 0 saturated heterocycles. The Balaban J connectivity index is 3.13. The van der Waals surface area contributed by atoms with Crippen molar-refractivity contribution in [3.63, 3.8) is 0 Å². The molecular weight excluding hydrogens is 260 g/mol. The number of ether oxygens (including phenoxy) is 2. The van der Waals surface area contributed by atoms with Crippen LogP contribution in [-0.2, 0) is 16.0 Å². The Morgan fingerprint density at radius 3 is 2.74 bits per heavy atom. The van der Waals surface area contributed by atoms with E-state index in [0.29, 0.717) is 0 Å². The molecule has 5 nitrogen and oxygen atoms in total. The maximum absolute atomic E-state index is 12.2. The molecule has 0 atom stereocenters. The average molecular weight is 271 g/mol. The lowest BCUT2D eigenvalue weighted by Crippen LogP contribution is -2.10. The summed E-state index contributed by atoms with van der Waals surface area (Å²) in [6.45, 7) is -1.37. The quantitative estimate of drug-likeness (QED) is 0.828. The van der Waals surface area contributed by atoms with Crippen LogP contribution in [-0.4, -0.2) is 24.3 Å². The summed E-state index contributed by atoms with van der Waals surface area (Å²) in [7, 11) is 0. The van der Waals surface area contributed by atoms with Gasteiger partial charge in [0.15, 0.2) is 0 Å². The fourth-order valence-electron chi connectivity index (χ4n) is 1.48. The number of phenols is 1. The van der Waals surface area contributed by atoms with Gasteiger partial charge in [-0.05, 0) is 18.6 Å². The fourth-order valence-corrected chi connectivity index (χ4v) is 1.48. The SMILES string of the molecule is CCOC(=O)Cc1cc(O)cc(OC(F)F)c1C#N. The zero-order chi connectivity index (χ0) is 14.4. The van der Waals surface area contributed by atoms with Crippen LogP contribution in [0.2, 0.25) is 0 Å². The van der Waals surface area contributed by atoms with Crippen molar-refractivity contribution >= 4 is 5.97 Å². The molecule has 0 radical (unpaired) electrons. The van der Waals surface area contributed by atoms with Crippen LogP contribution in [0.4, 0.5) is 8.78 Å². The van der Waals surface area contributed by atoms with Crippen molar-refractivity contribution in [1.82, 2.24) is 0 Å². The smallest absolute Gasteiger partial charge is 0.387 e. The molecule has 0 aliphatic carbocycles. The van der Waals surface area contributed by atoms with E-state index >= 15 is 0 Å². The summed E-state index contributed by atoms with van der Waals surface area (Å²) in [6.07, 6.45) is -0.315. The third-order valence-electron chi connectivity index (χ3n) is 2.14. The number of esters is 1. The number of hydrogen-bond donors (Lipinski definition) is 1. The number of halogens is 2. The highest BCUT2D eigenvalue weighted by Crippen LogP contribution is 2.29. The minimum atomic E-state index is -3.13. The van der Waals surface area contributed by atoms with Crippen molar-refractivity contribution in [3.8, 4) is 17.6 Å². The lowest BCUT2D eigenvalue weighted by molar-refractivity contribution is -0.142. The first-order chi connectivity index (χ1) is 8.97. The second-order valence-corrected chi connectivity index (χ2v) is 3.45. The summed E-state index contributed by atoms with van der Waals surface area (Å²) in [6, 6.07) is 3.69. The summed E-state index contributed by atoms with van der Waals surface area (Å²) in [5, 5.41) is 18.3. The van der Waals surface area contributed by atoms with Crippen LogP contribution in [0.1, 0.15) is 18.1 Å². The van der Waals surface area contributed by atoms with Crippen molar-refractivity contribution in [2.75, 3.05) is 6.61 Å². The number of benzene rings is 1. The van der Waals surface area contributed by atoms with Gasteiger partial charge in [-0.3, -0.25) is 4.79 Å². The zero-order valence-corrected chi connectivity index (χ0v) is 10.0. The van der Waals surface area contributed by atoms with Gasteiger partial charge in [-0.15, -0.1) is 0 Å². The number of aromatic hydroxyl groups is 1. The molecule has 0 fully saturated rings. The van der Waals surface area contributed by atoms with Gasteiger partial charge in [0.25, 0.3) is 0 Å². The van der Waals surface area contributed by atoms with Gasteiger partial charge < -0.3 is 14.6 Å². The predicted molar refractivity (Wildman–Crippen MR) is 59.8 cm³/mol. The van der Waals surface area contributed by atoms with Gasteiger partial charge in [0.05, 0.1) is 18.6 Å². The molecule has 0 aliphatic rings. The minimum Gasteiger partial charge on any atom is -0.508 e. The van der Waals surface area contributed by atoms with Crippen LogP contribution < -0.4 is 4.74 Å². The van der Waals surface area contributed by atoms with Gasteiger partial charge in [-0.1, -0.05) is 0 Å². The monoisotopic (exact) mass is 271 g/mol. The molecule has 0 spiro atoms. The number of carbonyl (C=O) groups excluding carboxylic acids is 1. The molecule has 102 valence electrons. The molecule has 0 aliphatic heterocycles. The van der Waals surface area contributed by atoms with Crippen molar-refractivity contribution in [3.05, 3.63) is 23.3 Å². The number of phenolic OH excluding ortho intramolecular Hbond substituents is 1. The molecule has 7 heteroatoms. The van der Waals surface area contributed by atoms with E-state index in [2.05, 4.69) is 9.47 Å². The van der Waals surface area contributed by atoms with Crippen LogP contribution in [0.25, 0.3) is 0 Å². The number of hydrogen-bond acceptors (Lipinski definition) is 5. The van der Waals surface area contributed by atoms with Gasteiger partial charge in [0.2, 0.25) is 0 Å². The number of rotatable bonds is 5. The molecule has 1 N–H and O–H groups in total. The van der Waals surface area contributed by atoms with E-state index in [4.69, 9.17) is 5.26 Å². The number of nitriles is 1. The van der Waals surface area contributed by atoms with E-state index in [1.165, 1.54) is 0 Å². The molecule has 0 unspecified atom stereocenters.